The van der Waals surface area contributed by atoms with E-state index in [1.54, 1.807) is 0 Å². The minimum absolute atomic E-state index is 0.0822. The van der Waals surface area contributed by atoms with Crippen LogP contribution in [0.15, 0.2) is 24.9 Å². The maximum absolute atomic E-state index is 11.6. The summed E-state index contributed by atoms with van der Waals surface area (Å²) >= 11 is 0. The quantitative estimate of drug-likeness (QED) is 0.334. The van der Waals surface area contributed by atoms with Gasteiger partial charge in [-0.05, 0) is 24.3 Å². The van der Waals surface area contributed by atoms with Crippen molar-refractivity contribution in [1.82, 2.24) is 20.2 Å². The Hall–Kier alpha value is -3.50. The highest BCUT2D eigenvalue weighted by atomic mass is 16.6. The van der Waals surface area contributed by atoms with Gasteiger partial charge in [-0.15, -0.1) is 5.10 Å². The van der Waals surface area contributed by atoms with Crippen molar-refractivity contribution in [2.24, 2.45) is 5.92 Å². The van der Waals surface area contributed by atoms with Crippen molar-refractivity contribution in [3.05, 3.63) is 64.5 Å². The number of hydrogen-bond donors (Lipinski definition) is 3. The number of aromatic nitrogens is 4. The maximum atomic E-state index is 11.6. The van der Waals surface area contributed by atoms with Crippen LogP contribution >= 0.6 is 0 Å². The summed E-state index contributed by atoms with van der Waals surface area (Å²) in [5.41, 5.74) is -0.0854. The van der Waals surface area contributed by atoms with E-state index in [9.17, 15) is 24.5 Å². The number of nitrogens with one attached hydrogen (secondary N) is 3. The molecule has 0 spiro atoms. The van der Waals surface area contributed by atoms with Gasteiger partial charge in [-0.25, -0.2) is 9.89 Å². The molecule has 4 rings (SSSR count). The van der Waals surface area contributed by atoms with Crippen LogP contribution in [0.25, 0.3) is 11.0 Å². The lowest BCUT2D eigenvalue weighted by molar-refractivity contribution is -0.385. The Morgan fingerprint density at radius 1 is 1.20 bits per heavy atom. The molecule has 0 amide bonds. The fraction of sp³-hybridized carbons (Fsp3) is 0.286. The van der Waals surface area contributed by atoms with Crippen LogP contribution in [-0.2, 0) is 19.3 Å². The predicted molar refractivity (Wildman–Crippen MR) is 83.6 cm³/mol. The normalized spacial score (nSPS) is 16.2. The number of H-pyrrole nitrogens is 3. The van der Waals surface area contributed by atoms with Crippen molar-refractivity contribution < 1.29 is 9.34 Å². The number of nitro groups is 1. The van der Waals surface area contributed by atoms with Crippen LogP contribution in [0.1, 0.15) is 17.0 Å². The molecular weight excluding hydrogens is 334 g/mol. The molecule has 0 bridgehead atoms. The van der Waals surface area contributed by atoms with Gasteiger partial charge in [0.15, 0.2) is 0 Å². The van der Waals surface area contributed by atoms with E-state index >= 15 is 0 Å². The van der Waals surface area contributed by atoms with Crippen LogP contribution in [0.4, 0.5) is 5.69 Å². The Kier molecular flexibility index (Phi) is 3.17. The summed E-state index contributed by atoms with van der Waals surface area (Å²) in [6, 6.07) is 1.25. The zero-order chi connectivity index (χ0) is 17.7. The van der Waals surface area contributed by atoms with Gasteiger partial charge in [0.2, 0.25) is 5.89 Å². The summed E-state index contributed by atoms with van der Waals surface area (Å²) in [5, 5.41) is 17.3. The number of nitrogens with zero attached hydrogens (tertiary/aromatic N) is 2. The van der Waals surface area contributed by atoms with Gasteiger partial charge in [0, 0.05) is 18.1 Å². The number of benzene rings is 1. The molecule has 1 atom stereocenters. The van der Waals surface area contributed by atoms with E-state index in [0.29, 0.717) is 35.9 Å². The second-order valence-corrected chi connectivity index (χ2v) is 5.93. The van der Waals surface area contributed by atoms with Crippen molar-refractivity contribution in [2.45, 2.75) is 19.3 Å². The molecule has 0 radical (unpaired) electrons. The molecule has 3 N–H and O–H groups in total. The molecule has 25 heavy (non-hydrogen) atoms. The Labute approximate surface area is 136 Å². The minimum Gasteiger partial charge on any atom is -0.392 e. The Bertz CT molecular complexity index is 1180. The van der Waals surface area contributed by atoms with Crippen molar-refractivity contribution in [3.63, 3.8) is 0 Å². The average molecular weight is 345 g/mol. The first-order valence-electron chi connectivity index (χ1n) is 7.42. The molecule has 1 aromatic carbocycles. The average Bonchev–Trinajstić information content (AvgIpc) is 3.14. The predicted octanol–water partition coefficient (Wildman–Crippen LogP) is -0.242. The summed E-state index contributed by atoms with van der Waals surface area (Å²) < 4.78 is 4.88. The first-order valence-corrected chi connectivity index (χ1v) is 7.42. The van der Waals surface area contributed by atoms with E-state index in [2.05, 4.69) is 20.2 Å². The Morgan fingerprint density at radius 3 is 2.60 bits per heavy atom. The van der Waals surface area contributed by atoms with Crippen LogP contribution < -0.4 is 16.9 Å². The van der Waals surface area contributed by atoms with E-state index in [1.165, 1.54) is 6.07 Å². The Morgan fingerprint density at radius 2 is 1.92 bits per heavy atom. The van der Waals surface area contributed by atoms with E-state index in [1.807, 2.05) is 0 Å². The van der Waals surface area contributed by atoms with Crippen LogP contribution in [-0.4, -0.2) is 25.1 Å². The van der Waals surface area contributed by atoms with Gasteiger partial charge in [0.1, 0.15) is 0 Å². The number of rotatable bonds is 3. The summed E-state index contributed by atoms with van der Waals surface area (Å²) in [6.45, 7) is 0. The molecule has 1 aliphatic carbocycles. The molecular formula is C14H11N5O6. The summed E-state index contributed by atoms with van der Waals surface area (Å²) in [4.78, 5) is 49.9. The second-order valence-electron chi connectivity index (χ2n) is 5.93. The highest BCUT2D eigenvalue weighted by Gasteiger charge is 2.32. The fourth-order valence-corrected chi connectivity index (χ4v) is 3.36. The third-order valence-electron chi connectivity index (χ3n) is 4.35. The number of aromatic amines is 3. The molecule has 3 aromatic rings. The van der Waals surface area contributed by atoms with Gasteiger partial charge in [0.25, 0.3) is 5.69 Å². The lowest BCUT2D eigenvalue weighted by Gasteiger charge is -2.05. The molecule has 0 saturated carbocycles. The van der Waals surface area contributed by atoms with Crippen LogP contribution in [0.5, 0.6) is 0 Å². The largest absolute Gasteiger partial charge is 0.434 e. The zero-order valence-electron chi connectivity index (χ0n) is 12.6. The molecule has 1 unspecified atom stereocenters. The fourth-order valence-electron chi connectivity index (χ4n) is 3.36. The van der Waals surface area contributed by atoms with Gasteiger partial charge >= 0.3 is 16.9 Å². The van der Waals surface area contributed by atoms with Gasteiger partial charge in [-0.2, -0.15) is 0 Å². The SMILES string of the molecule is O=c1[nH]nc(CC2Cc3c([N+](=O)[O-])cc4[nH]c(=O)c(=O)[nH]c4c3C2)o1. The van der Waals surface area contributed by atoms with E-state index < -0.39 is 21.8 Å². The highest BCUT2D eigenvalue weighted by Crippen LogP contribution is 2.38. The zero-order valence-corrected chi connectivity index (χ0v) is 12.6. The van der Waals surface area contributed by atoms with Gasteiger partial charge < -0.3 is 14.4 Å². The number of nitro benzene ring substituents is 1. The maximum Gasteiger partial charge on any atom is 0.434 e. The lowest BCUT2D eigenvalue weighted by atomic mass is 10.0. The molecule has 11 nitrogen and oxygen atoms in total. The highest BCUT2D eigenvalue weighted by molar-refractivity contribution is 5.83. The van der Waals surface area contributed by atoms with Crippen LogP contribution in [0.2, 0.25) is 0 Å². The van der Waals surface area contributed by atoms with Gasteiger partial charge in [0.05, 0.1) is 16.0 Å². The minimum atomic E-state index is -0.866. The summed E-state index contributed by atoms with van der Waals surface area (Å²) in [7, 11) is 0. The summed E-state index contributed by atoms with van der Waals surface area (Å²) in [5.74, 6) is -0.526. The first kappa shape index (κ1) is 15.1. The molecule has 128 valence electrons. The van der Waals surface area contributed by atoms with Gasteiger partial charge in [-0.1, -0.05) is 0 Å². The number of hydrogen-bond acceptors (Lipinski definition) is 7. The molecule has 1 aliphatic rings. The molecule has 11 heteroatoms. The standard InChI is InChI=1S/C14H11N5O6/c20-12-13(21)16-11-7-2-5(3-10-17-18-14(22)25-10)1-6(7)9(19(23)24)4-8(11)15-12/h4-5H,1-3H2,(H,15,20)(H,16,21)(H,18,22). The third kappa shape index (κ3) is 2.45. The lowest BCUT2D eigenvalue weighted by Crippen LogP contribution is -2.29. The van der Waals surface area contributed by atoms with Crippen LogP contribution in [0, 0.1) is 16.0 Å². The van der Waals surface area contributed by atoms with E-state index in [-0.39, 0.29) is 23.0 Å². The van der Waals surface area contributed by atoms with Crippen LogP contribution in [0.3, 0.4) is 0 Å². The Balaban J connectivity index is 1.83. The third-order valence-corrected chi connectivity index (χ3v) is 4.35. The smallest absolute Gasteiger partial charge is 0.392 e. The monoisotopic (exact) mass is 345 g/mol. The second kappa shape index (κ2) is 5.26. The molecule has 0 fully saturated rings. The van der Waals surface area contributed by atoms with Gasteiger partial charge in [-0.3, -0.25) is 19.7 Å². The van der Waals surface area contributed by atoms with E-state index in [0.717, 1.165) is 0 Å². The van der Waals surface area contributed by atoms with E-state index in [4.69, 9.17) is 4.42 Å². The van der Waals surface area contributed by atoms with Crippen molar-refractivity contribution in [2.75, 3.05) is 0 Å². The molecule has 0 aliphatic heterocycles. The van der Waals surface area contributed by atoms with Crippen molar-refractivity contribution >= 4 is 16.7 Å². The van der Waals surface area contributed by atoms with Crippen molar-refractivity contribution in [1.29, 1.82) is 0 Å². The molecule has 2 heterocycles. The van der Waals surface area contributed by atoms with Crippen molar-refractivity contribution in [3.8, 4) is 0 Å². The number of fused-ring (bicyclic) bond motifs is 3. The molecule has 0 saturated heterocycles. The molecule has 2 aromatic heterocycles. The first-order chi connectivity index (χ1) is 11.9. The summed E-state index contributed by atoms with van der Waals surface area (Å²) in [6.07, 6.45) is 1.12. The topological polar surface area (TPSA) is 168 Å².